The molecule has 0 bridgehead atoms. The minimum atomic E-state index is -0.119. The highest BCUT2D eigenvalue weighted by molar-refractivity contribution is 5.81. The third-order valence-electron chi connectivity index (χ3n) is 3.87. The molecule has 0 saturated heterocycles. The molecule has 2 heterocycles. The lowest BCUT2D eigenvalue weighted by Gasteiger charge is -2.28. The molecule has 21 heavy (non-hydrogen) atoms. The molecule has 1 aliphatic heterocycles. The van der Waals surface area contributed by atoms with Gasteiger partial charge in [-0.2, -0.15) is 0 Å². The fourth-order valence-electron chi connectivity index (χ4n) is 2.77. The first-order chi connectivity index (χ1) is 10.1. The van der Waals surface area contributed by atoms with E-state index in [2.05, 4.69) is 4.98 Å². The van der Waals surface area contributed by atoms with Crippen molar-refractivity contribution in [2.24, 2.45) is 5.92 Å². The molecule has 0 fully saturated rings. The molecule has 1 aromatic heterocycles. The average Bonchev–Trinajstić information content (AvgIpc) is 2.82. The maximum Gasteiger partial charge on any atom is 0.330 e. The molecule has 2 aromatic rings. The van der Waals surface area contributed by atoms with Crippen LogP contribution < -0.4 is 5.69 Å². The van der Waals surface area contributed by atoms with Gasteiger partial charge >= 0.3 is 5.69 Å². The van der Waals surface area contributed by atoms with Gasteiger partial charge in [0.05, 0.1) is 11.0 Å². The van der Waals surface area contributed by atoms with E-state index in [-0.39, 0.29) is 17.5 Å². The van der Waals surface area contributed by atoms with Gasteiger partial charge in [-0.1, -0.05) is 26.0 Å². The van der Waals surface area contributed by atoms with Crippen LogP contribution in [0.5, 0.6) is 0 Å². The molecule has 5 heteroatoms. The summed E-state index contributed by atoms with van der Waals surface area (Å²) in [7, 11) is 0. The molecule has 1 aliphatic rings. The van der Waals surface area contributed by atoms with Gasteiger partial charge in [-0.3, -0.25) is 9.36 Å². The molecule has 110 valence electrons. The number of nitrogens with one attached hydrogen (secondary N) is 1. The average molecular weight is 285 g/mol. The zero-order valence-electron chi connectivity index (χ0n) is 12.3. The molecule has 0 radical (unpaired) electrons. The van der Waals surface area contributed by atoms with Crippen LogP contribution >= 0.6 is 0 Å². The van der Waals surface area contributed by atoms with E-state index in [1.165, 1.54) is 0 Å². The van der Waals surface area contributed by atoms with Crippen LogP contribution in [0, 0.1) is 5.92 Å². The predicted octanol–water partition coefficient (Wildman–Crippen LogP) is 2.06. The molecule has 0 atom stereocenters. The fraction of sp³-hybridized carbons (Fsp3) is 0.375. The molecular formula is C16H19N3O2. The number of rotatable bonds is 2. The van der Waals surface area contributed by atoms with Crippen LogP contribution in [0.2, 0.25) is 0 Å². The Hall–Kier alpha value is -2.30. The molecule has 0 aliphatic carbocycles. The Morgan fingerprint density at radius 1 is 1.29 bits per heavy atom. The minimum Gasteiger partial charge on any atom is -0.338 e. The zero-order chi connectivity index (χ0) is 15.0. The molecule has 1 N–H and O–H groups in total. The van der Waals surface area contributed by atoms with Crippen LogP contribution in [0.1, 0.15) is 20.3 Å². The van der Waals surface area contributed by atoms with Crippen molar-refractivity contribution in [3.8, 4) is 0 Å². The molecule has 0 unspecified atom stereocenters. The van der Waals surface area contributed by atoms with Crippen LogP contribution in [0.25, 0.3) is 16.7 Å². The van der Waals surface area contributed by atoms with E-state index < -0.39 is 0 Å². The molecule has 5 nitrogen and oxygen atoms in total. The topological polar surface area (TPSA) is 58.1 Å². The van der Waals surface area contributed by atoms with E-state index in [0.717, 1.165) is 16.7 Å². The van der Waals surface area contributed by atoms with Gasteiger partial charge in [-0.05, 0) is 18.2 Å². The van der Waals surface area contributed by atoms with E-state index in [9.17, 15) is 9.59 Å². The number of imidazole rings is 1. The monoisotopic (exact) mass is 285 g/mol. The van der Waals surface area contributed by atoms with E-state index in [1.54, 1.807) is 4.57 Å². The van der Waals surface area contributed by atoms with Crippen molar-refractivity contribution in [3.05, 3.63) is 40.8 Å². The number of hydrogen-bond acceptors (Lipinski definition) is 2. The molecule has 0 spiro atoms. The number of H-pyrrole nitrogens is 1. The minimum absolute atomic E-state index is 0.00996. The van der Waals surface area contributed by atoms with Crippen LogP contribution in [0.3, 0.4) is 0 Å². The quantitative estimate of drug-likeness (QED) is 0.918. The highest BCUT2D eigenvalue weighted by Crippen LogP contribution is 2.20. The number of hydrogen-bond donors (Lipinski definition) is 1. The highest BCUT2D eigenvalue weighted by Gasteiger charge is 2.21. The van der Waals surface area contributed by atoms with Crippen molar-refractivity contribution >= 4 is 22.6 Å². The lowest BCUT2D eigenvalue weighted by atomic mass is 10.1. The van der Waals surface area contributed by atoms with E-state index in [0.29, 0.717) is 19.5 Å². The van der Waals surface area contributed by atoms with Gasteiger partial charge in [0, 0.05) is 31.1 Å². The number of aromatic amines is 1. The first-order valence-electron chi connectivity index (χ1n) is 7.26. The van der Waals surface area contributed by atoms with Crippen LogP contribution in [0.15, 0.2) is 35.1 Å². The summed E-state index contributed by atoms with van der Waals surface area (Å²) < 4.78 is 1.71. The molecule has 1 amide bonds. The van der Waals surface area contributed by atoms with Crippen molar-refractivity contribution < 1.29 is 4.79 Å². The van der Waals surface area contributed by atoms with Crippen molar-refractivity contribution in [1.29, 1.82) is 0 Å². The van der Waals surface area contributed by atoms with Gasteiger partial charge in [-0.15, -0.1) is 0 Å². The summed E-state index contributed by atoms with van der Waals surface area (Å²) in [5.41, 5.74) is 2.57. The number of carbonyl (C=O) groups excluding carboxylic acids is 1. The smallest absolute Gasteiger partial charge is 0.330 e. The summed E-state index contributed by atoms with van der Waals surface area (Å²) in [6.07, 6.45) is 2.67. The predicted molar refractivity (Wildman–Crippen MR) is 82.9 cm³/mol. The second-order valence-corrected chi connectivity index (χ2v) is 5.67. The van der Waals surface area contributed by atoms with Gasteiger partial charge in [-0.25, -0.2) is 4.79 Å². The number of amides is 1. The first kappa shape index (κ1) is 13.7. The Kier molecular flexibility index (Phi) is 3.41. The molecular weight excluding hydrogens is 266 g/mol. The Labute approximate surface area is 122 Å². The van der Waals surface area contributed by atoms with E-state index >= 15 is 0 Å². The van der Waals surface area contributed by atoms with Gasteiger partial charge in [0.25, 0.3) is 0 Å². The largest absolute Gasteiger partial charge is 0.338 e. The molecule has 0 saturated carbocycles. The third kappa shape index (κ3) is 2.39. The second-order valence-electron chi connectivity index (χ2n) is 5.67. The Morgan fingerprint density at radius 2 is 2.05 bits per heavy atom. The Bertz CT molecular complexity index is 767. The summed E-state index contributed by atoms with van der Waals surface area (Å²) in [5.74, 6) is 0.173. The van der Waals surface area contributed by atoms with Gasteiger partial charge in [0.2, 0.25) is 5.91 Å². The summed E-state index contributed by atoms with van der Waals surface area (Å²) in [4.78, 5) is 28.8. The van der Waals surface area contributed by atoms with Crippen molar-refractivity contribution in [1.82, 2.24) is 14.5 Å². The van der Waals surface area contributed by atoms with Gasteiger partial charge in [0.15, 0.2) is 0 Å². The van der Waals surface area contributed by atoms with Crippen LogP contribution in [0.4, 0.5) is 0 Å². The Balaban J connectivity index is 1.93. The van der Waals surface area contributed by atoms with Crippen molar-refractivity contribution in [3.63, 3.8) is 0 Å². The second kappa shape index (κ2) is 5.24. The van der Waals surface area contributed by atoms with Crippen molar-refractivity contribution in [2.75, 3.05) is 13.1 Å². The zero-order valence-corrected chi connectivity index (χ0v) is 12.3. The summed E-state index contributed by atoms with van der Waals surface area (Å²) in [5, 5.41) is 0. The van der Waals surface area contributed by atoms with E-state index in [1.807, 2.05) is 49.1 Å². The molecule has 1 aromatic carbocycles. The summed E-state index contributed by atoms with van der Waals surface area (Å²) in [6, 6.07) is 7.65. The van der Waals surface area contributed by atoms with Crippen LogP contribution in [-0.4, -0.2) is 33.4 Å². The number of benzene rings is 1. The van der Waals surface area contributed by atoms with Crippen molar-refractivity contribution in [2.45, 2.75) is 20.3 Å². The number of fused-ring (bicyclic) bond motifs is 1. The highest BCUT2D eigenvalue weighted by atomic mass is 16.2. The number of nitrogens with zero attached hydrogens (tertiary/aromatic N) is 2. The number of para-hydroxylation sites is 2. The van der Waals surface area contributed by atoms with Gasteiger partial charge < -0.3 is 9.88 Å². The fourth-order valence-corrected chi connectivity index (χ4v) is 2.77. The Morgan fingerprint density at radius 3 is 2.71 bits per heavy atom. The van der Waals surface area contributed by atoms with Crippen LogP contribution in [-0.2, 0) is 4.79 Å². The standard InChI is InChI=1S/C16H19N3O2/c1-11(2)15(20)18-9-7-12(8-10-18)19-14-6-4-3-5-13(14)17-16(19)21/h3-7,11H,8-10H2,1-2H3,(H,17,21). The lowest BCUT2D eigenvalue weighted by molar-refractivity contribution is -0.134. The van der Waals surface area contributed by atoms with E-state index in [4.69, 9.17) is 0 Å². The lowest BCUT2D eigenvalue weighted by Crippen LogP contribution is -2.38. The first-order valence-corrected chi connectivity index (χ1v) is 7.26. The molecule has 3 rings (SSSR count). The number of carbonyl (C=O) groups is 1. The van der Waals surface area contributed by atoms with Gasteiger partial charge in [0.1, 0.15) is 0 Å². The summed E-state index contributed by atoms with van der Waals surface area (Å²) >= 11 is 0. The SMILES string of the molecule is CC(C)C(=O)N1CC=C(n2c(=O)[nH]c3ccccc32)CC1. The third-order valence-corrected chi connectivity index (χ3v) is 3.87. The number of aromatic nitrogens is 2. The maximum atomic E-state index is 12.1. The maximum absolute atomic E-state index is 12.1. The normalized spacial score (nSPS) is 15.6. The summed E-state index contributed by atoms with van der Waals surface area (Å²) in [6.45, 7) is 5.05.